The van der Waals surface area contributed by atoms with E-state index < -0.39 is 0 Å². The standard InChI is InChI=1S/C16H23N3O/c1-19(9-5-2-6-10-20)12-14-11-13-7-3-4-8-15(13)18-16(14)17/h3-4,7-8,11,20H,2,5-6,9-10,12H2,1H3,(H2,17,18). The van der Waals surface area contributed by atoms with Crippen molar-refractivity contribution in [3.8, 4) is 0 Å². The van der Waals surface area contributed by atoms with Crippen LogP contribution < -0.4 is 5.73 Å². The Kier molecular flexibility index (Phi) is 5.32. The van der Waals surface area contributed by atoms with E-state index in [0.29, 0.717) is 5.82 Å². The fraction of sp³-hybridized carbons (Fsp3) is 0.438. The zero-order valence-electron chi connectivity index (χ0n) is 12.0. The smallest absolute Gasteiger partial charge is 0.128 e. The molecule has 3 N–H and O–H groups in total. The normalized spacial score (nSPS) is 11.3. The number of aliphatic hydroxyl groups is 1. The van der Waals surface area contributed by atoms with Crippen molar-refractivity contribution in [2.24, 2.45) is 0 Å². The van der Waals surface area contributed by atoms with Crippen molar-refractivity contribution in [3.63, 3.8) is 0 Å². The molecule has 0 unspecified atom stereocenters. The lowest BCUT2D eigenvalue weighted by Crippen LogP contribution is -2.20. The Bertz CT molecular complexity index is 556. The predicted octanol–water partition coefficient (Wildman–Crippen LogP) is 2.41. The Morgan fingerprint density at radius 1 is 1.20 bits per heavy atom. The molecule has 0 saturated carbocycles. The molecule has 1 aromatic heterocycles. The van der Waals surface area contributed by atoms with Crippen molar-refractivity contribution in [1.82, 2.24) is 9.88 Å². The number of pyridine rings is 1. The highest BCUT2D eigenvalue weighted by Crippen LogP contribution is 2.19. The maximum absolute atomic E-state index is 8.77. The molecular weight excluding hydrogens is 250 g/mol. The summed E-state index contributed by atoms with van der Waals surface area (Å²) < 4.78 is 0. The van der Waals surface area contributed by atoms with Gasteiger partial charge in [0.1, 0.15) is 5.82 Å². The number of anilines is 1. The Morgan fingerprint density at radius 3 is 2.80 bits per heavy atom. The molecule has 4 nitrogen and oxygen atoms in total. The average molecular weight is 273 g/mol. The lowest BCUT2D eigenvalue weighted by Gasteiger charge is -2.17. The van der Waals surface area contributed by atoms with Crippen LogP contribution in [0, 0.1) is 0 Å². The quantitative estimate of drug-likeness (QED) is 0.760. The summed E-state index contributed by atoms with van der Waals surface area (Å²) in [5, 5.41) is 9.90. The van der Waals surface area contributed by atoms with Crippen LogP contribution in [-0.4, -0.2) is 35.2 Å². The zero-order valence-corrected chi connectivity index (χ0v) is 12.0. The highest BCUT2D eigenvalue weighted by Gasteiger charge is 2.07. The van der Waals surface area contributed by atoms with Gasteiger partial charge in [-0.3, -0.25) is 0 Å². The highest BCUT2D eigenvalue weighted by atomic mass is 16.2. The van der Waals surface area contributed by atoms with Gasteiger partial charge in [-0.1, -0.05) is 18.2 Å². The lowest BCUT2D eigenvalue weighted by molar-refractivity contribution is 0.271. The Balaban J connectivity index is 1.99. The van der Waals surface area contributed by atoms with Crippen LogP contribution in [0.15, 0.2) is 30.3 Å². The van der Waals surface area contributed by atoms with Gasteiger partial charge >= 0.3 is 0 Å². The van der Waals surface area contributed by atoms with Crippen LogP contribution in [0.4, 0.5) is 5.82 Å². The molecule has 108 valence electrons. The van der Waals surface area contributed by atoms with Crippen molar-refractivity contribution in [3.05, 3.63) is 35.9 Å². The second-order valence-corrected chi connectivity index (χ2v) is 5.25. The average Bonchev–Trinajstić information content (AvgIpc) is 2.44. The minimum atomic E-state index is 0.283. The SMILES string of the molecule is CN(CCCCCO)Cc1cc2ccccc2nc1N. The zero-order chi connectivity index (χ0) is 14.4. The van der Waals surface area contributed by atoms with E-state index in [2.05, 4.69) is 29.1 Å². The first-order valence-electron chi connectivity index (χ1n) is 7.14. The number of hydrogen-bond donors (Lipinski definition) is 2. The molecule has 0 aliphatic heterocycles. The molecule has 0 amide bonds. The van der Waals surface area contributed by atoms with E-state index in [4.69, 9.17) is 10.8 Å². The molecule has 0 spiro atoms. The summed E-state index contributed by atoms with van der Waals surface area (Å²) in [5.41, 5.74) is 8.06. The van der Waals surface area contributed by atoms with Gasteiger partial charge in [0.15, 0.2) is 0 Å². The van der Waals surface area contributed by atoms with Crippen LogP contribution in [0.2, 0.25) is 0 Å². The summed E-state index contributed by atoms with van der Waals surface area (Å²) in [5.74, 6) is 0.617. The van der Waals surface area contributed by atoms with E-state index in [1.807, 2.05) is 18.2 Å². The molecule has 0 saturated heterocycles. The number of nitrogens with two attached hydrogens (primary N) is 1. The molecular formula is C16H23N3O. The lowest BCUT2D eigenvalue weighted by atomic mass is 10.1. The molecule has 0 atom stereocenters. The van der Waals surface area contributed by atoms with Crippen molar-refractivity contribution in [1.29, 1.82) is 0 Å². The number of unbranched alkanes of at least 4 members (excludes halogenated alkanes) is 2. The number of hydrogen-bond acceptors (Lipinski definition) is 4. The fourth-order valence-corrected chi connectivity index (χ4v) is 2.34. The van der Waals surface area contributed by atoms with Gasteiger partial charge in [-0.15, -0.1) is 0 Å². The summed E-state index contributed by atoms with van der Waals surface area (Å²) in [7, 11) is 2.09. The Labute approximate surface area is 120 Å². The molecule has 0 radical (unpaired) electrons. The number of para-hydroxylation sites is 1. The first kappa shape index (κ1) is 14.8. The van der Waals surface area contributed by atoms with Crippen LogP contribution in [0.5, 0.6) is 0 Å². The van der Waals surface area contributed by atoms with Gasteiger partial charge in [-0.25, -0.2) is 4.98 Å². The third-order valence-corrected chi connectivity index (χ3v) is 3.47. The summed E-state index contributed by atoms with van der Waals surface area (Å²) in [6.07, 6.45) is 3.04. The number of nitrogens with zero attached hydrogens (tertiary/aromatic N) is 2. The molecule has 0 aliphatic rings. The number of nitrogen functional groups attached to an aromatic ring is 1. The number of fused-ring (bicyclic) bond motifs is 1. The van der Waals surface area contributed by atoms with Gasteiger partial charge in [0.2, 0.25) is 0 Å². The number of aliphatic hydroxyl groups excluding tert-OH is 1. The second-order valence-electron chi connectivity index (χ2n) is 5.25. The molecule has 0 aliphatic carbocycles. The maximum Gasteiger partial charge on any atom is 0.128 e. The van der Waals surface area contributed by atoms with E-state index >= 15 is 0 Å². The first-order valence-corrected chi connectivity index (χ1v) is 7.14. The fourth-order valence-electron chi connectivity index (χ4n) is 2.34. The first-order chi connectivity index (χ1) is 9.70. The van der Waals surface area contributed by atoms with Crippen LogP contribution >= 0.6 is 0 Å². The Morgan fingerprint density at radius 2 is 2.00 bits per heavy atom. The summed E-state index contributed by atoms with van der Waals surface area (Å²) in [6, 6.07) is 10.2. The minimum absolute atomic E-state index is 0.283. The predicted molar refractivity (Wildman–Crippen MR) is 83.4 cm³/mol. The topological polar surface area (TPSA) is 62.4 Å². The summed E-state index contributed by atoms with van der Waals surface area (Å²) in [4.78, 5) is 6.71. The van der Waals surface area contributed by atoms with Crippen molar-refractivity contribution >= 4 is 16.7 Å². The van der Waals surface area contributed by atoms with Gasteiger partial charge < -0.3 is 15.7 Å². The van der Waals surface area contributed by atoms with E-state index in [9.17, 15) is 0 Å². The summed E-state index contributed by atoms with van der Waals surface area (Å²) in [6.45, 7) is 2.10. The third kappa shape index (κ3) is 3.92. The van der Waals surface area contributed by atoms with E-state index in [-0.39, 0.29) is 6.61 Å². The molecule has 2 aromatic rings. The van der Waals surface area contributed by atoms with Crippen molar-refractivity contribution in [2.75, 3.05) is 25.9 Å². The minimum Gasteiger partial charge on any atom is -0.396 e. The monoisotopic (exact) mass is 273 g/mol. The van der Waals surface area contributed by atoms with Crippen molar-refractivity contribution in [2.45, 2.75) is 25.8 Å². The number of benzene rings is 1. The highest BCUT2D eigenvalue weighted by molar-refractivity contribution is 5.81. The van der Waals surface area contributed by atoms with Gasteiger partial charge in [-0.05, 0) is 45.0 Å². The van der Waals surface area contributed by atoms with Crippen LogP contribution in [0.1, 0.15) is 24.8 Å². The second kappa shape index (κ2) is 7.22. The molecule has 1 heterocycles. The molecule has 1 aromatic carbocycles. The van der Waals surface area contributed by atoms with Gasteiger partial charge in [0.25, 0.3) is 0 Å². The van der Waals surface area contributed by atoms with Crippen LogP contribution in [0.3, 0.4) is 0 Å². The van der Waals surface area contributed by atoms with Gasteiger partial charge in [0.05, 0.1) is 5.52 Å². The largest absolute Gasteiger partial charge is 0.396 e. The summed E-state index contributed by atoms with van der Waals surface area (Å²) >= 11 is 0. The molecule has 0 bridgehead atoms. The van der Waals surface area contributed by atoms with E-state index in [1.165, 1.54) is 0 Å². The van der Waals surface area contributed by atoms with Gasteiger partial charge in [0, 0.05) is 24.1 Å². The van der Waals surface area contributed by atoms with E-state index in [0.717, 1.165) is 48.8 Å². The van der Waals surface area contributed by atoms with Crippen molar-refractivity contribution < 1.29 is 5.11 Å². The van der Waals surface area contributed by atoms with E-state index in [1.54, 1.807) is 0 Å². The molecule has 4 heteroatoms. The van der Waals surface area contributed by atoms with Crippen LogP contribution in [0.25, 0.3) is 10.9 Å². The molecule has 0 fully saturated rings. The van der Waals surface area contributed by atoms with Gasteiger partial charge in [-0.2, -0.15) is 0 Å². The molecule has 2 rings (SSSR count). The van der Waals surface area contributed by atoms with Crippen LogP contribution in [-0.2, 0) is 6.54 Å². The third-order valence-electron chi connectivity index (χ3n) is 3.47. The Hall–Kier alpha value is -1.65. The maximum atomic E-state index is 8.77. The molecule has 20 heavy (non-hydrogen) atoms. The number of rotatable bonds is 7. The number of aromatic nitrogens is 1.